The van der Waals surface area contributed by atoms with Crippen LogP contribution in [0.25, 0.3) is 22.3 Å². The number of rotatable bonds is 1. The van der Waals surface area contributed by atoms with Crippen LogP contribution in [0, 0.1) is 13.8 Å². The van der Waals surface area contributed by atoms with Crippen LogP contribution < -0.4 is 0 Å². The predicted octanol–water partition coefficient (Wildman–Crippen LogP) is 4.93. The van der Waals surface area contributed by atoms with Crippen LogP contribution in [-0.4, -0.2) is 9.97 Å². The number of benzene rings is 1. The fourth-order valence-corrected chi connectivity index (χ4v) is 2.42. The molecule has 0 saturated heterocycles. The predicted molar refractivity (Wildman–Crippen MR) is 79.5 cm³/mol. The third-order valence-corrected chi connectivity index (χ3v) is 3.47. The number of aryl methyl sites for hydroxylation is 2. The SMILES string of the molecule is Cc1cnc(-c2ccc3cc(C(F)(F)F)ccc3n2)c(C)c1. The maximum Gasteiger partial charge on any atom is 0.416 e. The van der Waals surface area contributed by atoms with E-state index in [1.54, 1.807) is 18.3 Å². The van der Waals surface area contributed by atoms with Gasteiger partial charge in [0.15, 0.2) is 0 Å². The third kappa shape index (κ3) is 2.66. The maximum absolute atomic E-state index is 12.7. The minimum atomic E-state index is -4.35. The number of hydrogen-bond donors (Lipinski definition) is 0. The number of alkyl halides is 3. The molecule has 0 saturated carbocycles. The molecule has 0 aliphatic rings. The summed E-state index contributed by atoms with van der Waals surface area (Å²) in [7, 11) is 0. The fraction of sp³-hybridized carbons (Fsp3) is 0.176. The van der Waals surface area contributed by atoms with E-state index < -0.39 is 11.7 Å². The van der Waals surface area contributed by atoms with Gasteiger partial charge in [0.2, 0.25) is 0 Å². The Morgan fingerprint density at radius 2 is 1.73 bits per heavy atom. The van der Waals surface area contributed by atoms with E-state index in [1.807, 2.05) is 19.9 Å². The molecular weight excluding hydrogens is 289 g/mol. The summed E-state index contributed by atoms with van der Waals surface area (Å²) in [6, 6.07) is 8.91. The number of aromatic nitrogens is 2. The Bertz CT molecular complexity index is 854. The Morgan fingerprint density at radius 1 is 0.955 bits per heavy atom. The summed E-state index contributed by atoms with van der Waals surface area (Å²) in [5.74, 6) is 0. The molecule has 0 aliphatic heterocycles. The minimum absolute atomic E-state index is 0.461. The Balaban J connectivity index is 2.11. The zero-order valence-corrected chi connectivity index (χ0v) is 12.1. The number of halogens is 3. The highest BCUT2D eigenvalue weighted by Crippen LogP contribution is 2.31. The van der Waals surface area contributed by atoms with Gasteiger partial charge in [-0.15, -0.1) is 0 Å². The summed E-state index contributed by atoms with van der Waals surface area (Å²) in [6.45, 7) is 3.89. The van der Waals surface area contributed by atoms with Crippen molar-refractivity contribution in [2.75, 3.05) is 0 Å². The highest BCUT2D eigenvalue weighted by molar-refractivity contribution is 5.82. The molecule has 0 unspecified atom stereocenters. The second-order valence-electron chi connectivity index (χ2n) is 5.28. The van der Waals surface area contributed by atoms with Gasteiger partial charge in [-0.1, -0.05) is 12.1 Å². The van der Waals surface area contributed by atoms with E-state index >= 15 is 0 Å². The zero-order chi connectivity index (χ0) is 15.9. The minimum Gasteiger partial charge on any atom is -0.254 e. The van der Waals surface area contributed by atoms with Gasteiger partial charge in [-0.3, -0.25) is 4.98 Å². The van der Waals surface area contributed by atoms with Crippen molar-refractivity contribution in [3.05, 3.63) is 59.3 Å². The van der Waals surface area contributed by atoms with Crippen LogP contribution in [0.1, 0.15) is 16.7 Å². The van der Waals surface area contributed by atoms with Crippen molar-refractivity contribution in [2.24, 2.45) is 0 Å². The van der Waals surface area contributed by atoms with Gasteiger partial charge in [-0.25, -0.2) is 4.98 Å². The van der Waals surface area contributed by atoms with E-state index in [1.165, 1.54) is 6.07 Å². The molecule has 0 bridgehead atoms. The smallest absolute Gasteiger partial charge is 0.254 e. The molecule has 0 aliphatic carbocycles. The van der Waals surface area contributed by atoms with Crippen molar-refractivity contribution in [2.45, 2.75) is 20.0 Å². The molecule has 0 N–H and O–H groups in total. The summed E-state index contributed by atoms with van der Waals surface area (Å²) in [4.78, 5) is 8.80. The van der Waals surface area contributed by atoms with E-state index in [4.69, 9.17) is 0 Å². The molecule has 3 aromatic rings. The molecule has 1 aromatic carbocycles. The van der Waals surface area contributed by atoms with Crippen LogP contribution in [-0.2, 0) is 6.18 Å². The first-order chi connectivity index (χ1) is 10.3. The summed E-state index contributed by atoms with van der Waals surface area (Å²) in [5, 5.41) is 0.461. The molecule has 0 radical (unpaired) electrons. The monoisotopic (exact) mass is 302 g/mol. The Hall–Kier alpha value is -2.43. The second-order valence-corrected chi connectivity index (χ2v) is 5.28. The maximum atomic E-state index is 12.7. The normalized spacial score (nSPS) is 11.9. The van der Waals surface area contributed by atoms with Gasteiger partial charge in [0.1, 0.15) is 0 Å². The second kappa shape index (κ2) is 5.09. The first kappa shape index (κ1) is 14.5. The lowest BCUT2D eigenvalue weighted by Gasteiger charge is -2.09. The van der Waals surface area contributed by atoms with Crippen LogP contribution in [0.4, 0.5) is 13.2 Å². The molecule has 0 amide bonds. The van der Waals surface area contributed by atoms with Gasteiger partial charge in [-0.05, 0) is 49.2 Å². The third-order valence-electron chi connectivity index (χ3n) is 3.47. The highest BCUT2D eigenvalue weighted by atomic mass is 19.4. The van der Waals surface area contributed by atoms with Crippen LogP contribution in [0.5, 0.6) is 0 Å². The lowest BCUT2D eigenvalue weighted by atomic mass is 10.1. The molecule has 3 rings (SSSR count). The van der Waals surface area contributed by atoms with Gasteiger partial charge in [-0.2, -0.15) is 13.2 Å². The van der Waals surface area contributed by atoms with E-state index in [0.29, 0.717) is 16.6 Å². The average molecular weight is 302 g/mol. The molecule has 0 spiro atoms. The lowest BCUT2D eigenvalue weighted by Crippen LogP contribution is -2.04. The highest BCUT2D eigenvalue weighted by Gasteiger charge is 2.30. The molecule has 0 atom stereocenters. The van der Waals surface area contributed by atoms with Crippen molar-refractivity contribution in [1.82, 2.24) is 9.97 Å². The summed E-state index contributed by atoms with van der Waals surface area (Å²) in [5.41, 5.74) is 3.29. The molecule has 2 nitrogen and oxygen atoms in total. The van der Waals surface area contributed by atoms with Crippen molar-refractivity contribution >= 4 is 10.9 Å². The number of pyridine rings is 2. The average Bonchev–Trinajstić information content (AvgIpc) is 2.45. The van der Waals surface area contributed by atoms with Crippen LogP contribution in [0.15, 0.2) is 42.6 Å². The number of nitrogens with zero attached hydrogens (tertiary/aromatic N) is 2. The van der Waals surface area contributed by atoms with E-state index in [9.17, 15) is 13.2 Å². The Morgan fingerprint density at radius 3 is 2.41 bits per heavy atom. The van der Waals surface area contributed by atoms with Crippen molar-refractivity contribution < 1.29 is 13.2 Å². The van der Waals surface area contributed by atoms with Crippen molar-refractivity contribution in [3.8, 4) is 11.4 Å². The van der Waals surface area contributed by atoms with Gasteiger partial charge >= 0.3 is 6.18 Å². The largest absolute Gasteiger partial charge is 0.416 e. The van der Waals surface area contributed by atoms with Gasteiger partial charge in [0.05, 0.1) is 22.5 Å². The van der Waals surface area contributed by atoms with Crippen LogP contribution >= 0.6 is 0 Å². The van der Waals surface area contributed by atoms with Crippen molar-refractivity contribution in [1.29, 1.82) is 0 Å². The first-order valence-electron chi connectivity index (χ1n) is 6.76. The topological polar surface area (TPSA) is 25.8 Å². The molecule has 2 aromatic heterocycles. The lowest BCUT2D eigenvalue weighted by molar-refractivity contribution is -0.137. The van der Waals surface area contributed by atoms with E-state index in [0.717, 1.165) is 29.0 Å². The molecular formula is C17H13F3N2. The first-order valence-corrected chi connectivity index (χ1v) is 6.76. The molecule has 5 heteroatoms. The molecule has 112 valence electrons. The zero-order valence-electron chi connectivity index (χ0n) is 12.1. The van der Waals surface area contributed by atoms with E-state index in [-0.39, 0.29) is 0 Å². The van der Waals surface area contributed by atoms with Crippen molar-refractivity contribution in [3.63, 3.8) is 0 Å². The van der Waals surface area contributed by atoms with Gasteiger partial charge in [0, 0.05) is 11.6 Å². The van der Waals surface area contributed by atoms with Crippen LogP contribution in [0.3, 0.4) is 0 Å². The number of hydrogen-bond acceptors (Lipinski definition) is 2. The molecule has 0 fully saturated rings. The fourth-order valence-electron chi connectivity index (χ4n) is 2.42. The summed E-state index contributed by atoms with van der Waals surface area (Å²) >= 11 is 0. The van der Waals surface area contributed by atoms with Gasteiger partial charge in [0.25, 0.3) is 0 Å². The standard InChI is InChI=1S/C17H13F3N2/c1-10-7-11(2)16(21-9-10)15-5-3-12-8-13(17(18,19)20)4-6-14(12)22-15/h3-9H,1-2H3. The van der Waals surface area contributed by atoms with E-state index in [2.05, 4.69) is 9.97 Å². The molecule has 22 heavy (non-hydrogen) atoms. The summed E-state index contributed by atoms with van der Waals surface area (Å²) in [6.07, 6.45) is -2.59. The van der Waals surface area contributed by atoms with Gasteiger partial charge < -0.3 is 0 Å². The molecule has 2 heterocycles. The summed E-state index contributed by atoms with van der Waals surface area (Å²) < 4.78 is 38.2. The number of fused-ring (bicyclic) bond motifs is 1. The Kier molecular flexibility index (Phi) is 3.35. The van der Waals surface area contributed by atoms with Crippen LogP contribution in [0.2, 0.25) is 0 Å². The quantitative estimate of drug-likeness (QED) is 0.637. The Labute approximate surface area is 125 Å².